The van der Waals surface area contributed by atoms with Crippen LogP contribution in [0.2, 0.25) is 5.02 Å². The first-order valence-electron chi connectivity index (χ1n) is 6.77. The highest BCUT2D eigenvalue weighted by molar-refractivity contribution is 6.31. The highest BCUT2D eigenvalue weighted by atomic mass is 35.5. The van der Waals surface area contributed by atoms with Crippen molar-refractivity contribution in [3.8, 4) is 0 Å². The molecule has 4 heteroatoms. The third kappa shape index (κ3) is 2.16. The SMILES string of the molecule is CC(C)(C)C(=O)N1CCc2cc3cc(Cl)ccc3nc21. The average molecular weight is 289 g/mol. The minimum absolute atomic E-state index is 0.122. The Morgan fingerprint density at radius 2 is 2.05 bits per heavy atom. The number of benzene rings is 1. The summed E-state index contributed by atoms with van der Waals surface area (Å²) in [5.41, 5.74) is 1.61. The minimum atomic E-state index is -0.391. The largest absolute Gasteiger partial charge is 0.296 e. The highest BCUT2D eigenvalue weighted by Gasteiger charge is 2.33. The van der Waals surface area contributed by atoms with Crippen LogP contribution >= 0.6 is 11.6 Å². The zero-order valence-electron chi connectivity index (χ0n) is 11.9. The zero-order valence-corrected chi connectivity index (χ0v) is 12.7. The number of fused-ring (bicyclic) bond motifs is 2. The number of pyridine rings is 1. The van der Waals surface area contributed by atoms with Gasteiger partial charge in [-0.3, -0.25) is 9.69 Å². The molecule has 0 N–H and O–H groups in total. The summed E-state index contributed by atoms with van der Waals surface area (Å²) in [6.45, 7) is 6.53. The molecule has 0 radical (unpaired) electrons. The van der Waals surface area contributed by atoms with Crippen molar-refractivity contribution < 1.29 is 4.79 Å². The number of rotatable bonds is 0. The summed E-state index contributed by atoms with van der Waals surface area (Å²) in [4.78, 5) is 19.0. The molecular formula is C16H17ClN2O. The molecule has 3 rings (SSSR count). The van der Waals surface area contributed by atoms with Gasteiger partial charge in [0.2, 0.25) is 5.91 Å². The van der Waals surface area contributed by atoms with E-state index in [0.29, 0.717) is 11.6 Å². The molecule has 3 nitrogen and oxygen atoms in total. The summed E-state index contributed by atoms with van der Waals surface area (Å²) in [5, 5.41) is 1.74. The van der Waals surface area contributed by atoms with Gasteiger partial charge in [0, 0.05) is 22.4 Å². The molecule has 1 aliphatic heterocycles. The predicted octanol–water partition coefficient (Wildman–Crippen LogP) is 3.82. The van der Waals surface area contributed by atoms with Crippen LogP contribution in [0.1, 0.15) is 26.3 Å². The second-order valence-electron chi connectivity index (χ2n) is 6.26. The summed E-state index contributed by atoms with van der Waals surface area (Å²) in [6, 6.07) is 7.74. The van der Waals surface area contributed by atoms with Gasteiger partial charge in [-0.1, -0.05) is 32.4 Å². The predicted molar refractivity (Wildman–Crippen MR) is 82.3 cm³/mol. The van der Waals surface area contributed by atoms with Gasteiger partial charge in [0.1, 0.15) is 5.82 Å². The number of halogens is 1. The Morgan fingerprint density at radius 1 is 1.30 bits per heavy atom. The van der Waals surface area contributed by atoms with Crippen molar-refractivity contribution in [1.29, 1.82) is 0 Å². The van der Waals surface area contributed by atoms with E-state index in [1.165, 1.54) is 0 Å². The third-order valence-corrected chi connectivity index (χ3v) is 3.82. The van der Waals surface area contributed by atoms with E-state index in [4.69, 9.17) is 11.6 Å². The molecule has 2 aromatic rings. The summed E-state index contributed by atoms with van der Waals surface area (Å²) in [5.74, 6) is 0.928. The summed E-state index contributed by atoms with van der Waals surface area (Å²) in [7, 11) is 0. The topological polar surface area (TPSA) is 33.2 Å². The van der Waals surface area contributed by atoms with Crippen molar-refractivity contribution in [2.75, 3.05) is 11.4 Å². The van der Waals surface area contributed by atoms with Gasteiger partial charge >= 0.3 is 0 Å². The number of carbonyl (C=O) groups excluding carboxylic acids is 1. The van der Waals surface area contributed by atoms with Gasteiger partial charge in [-0.15, -0.1) is 0 Å². The van der Waals surface area contributed by atoms with Crippen LogP contribution in [0.3, 0.4) is 0 Å². The van der Waals surface area contributed by atoms with Crippen LogP contribution in [0.15, 0.2) is 24.3 Å². The van der Waals surface area contributed by atoms with Gasteiger partial charge in [0.25, 0.3) is 0 Å². The lowest BCUT2D eigenvalue weighted by Gasteiger charge is -2.25. The lowest BCUT2D eigenvalue weighted by Crippen LogP contribution is -2.38. The third-order valence-electron chi connectivity index (χ3n) is 3.58. The number of nitrogens with zero attached hydrogens (tertiary/aromatic N) is 2. The van der Waals surface area contributed by atoms with Crippen LogP contribution in [0, 0.1) is 5.41 Å². The Morgan fingerprint density at radius 3 is 2.75 bits per heavy atom. The first kappa shape index (κ1) is 13.4. The maximum absolute atomic E-state index is 12.5. The molecule has 0 aliphatic carbocycles. The maximum Gasteiger partial charge on any atom is 0.233 e. The van der Waals surface area contributed by atoms with E-state index in [2.05, 4.69) is 11.1 Å². The Balaban J connectivity index is 2.10. The molecule has 0 saturated carbocycles. The van der Waals surface area contributed by atoms with E-state index in [9.17, 15) is 4.79 Å². The lowest BCUT2D eigenvalue weighted by molar-refractivity contribution is -0.125. The monoisotopic (exact) mass is 288 g/mol. The number of amides is 1. The molecular weight excluding hydrogens is 272 g/mol. The fourth-order valence-electron chi connectivity index (χ4n) is 2.54. The van der Waals surface area contributed by atoms with Crippen molar-refractivity contribution in [2.45, 2.75) is 27.2 Å². The first-order valence-corrected chi connectivity index (χ1v) is 7.15. The number of hydrogen-bond acceptors (Lipinski definition) is 2. The molecule has 1 aromatic heterocycles. The smallest absolute Gasteiger partial charge is 0.233 e. The van der Waals surface area contributed by atoms with Gasteiger partial charge < -0.3 is 0 Å². The van der Waals surface area contributed by atoms with E-state index < -0.39 is 5.41 Å². The van der Waals surface area contributed by atoms with Crippen LogP contribution in [0.4, 0.5) is 5.82 Å². The van der Waals surface area contributed by atoms with Crippen LogP contribution in [0.5, 0.6) is 0 Å². The summed E-state index contributed by atoms with van der Waals surface area (Å²) < 4.78 is 0. The molecule has 0 unspecified atom stereocenters. The summed E-state index contributed by atoms with van der Waals surface area (Å²) >= 11 is 6.02. The quantitative estimate of drug-likeness (QED) is 0.738. The number of carbonyl (C=O) groups is 1. The molecule has 0 fully saturated rings. The minimum Gasteiger partial charge on any atom is -0.296 e. The van der Waals surface area contributed by atoms with E-state index in [1.54, 1.807) is 0 Å². The van der Waals surface area contributed by atoms with Crippen LogP contribution in [-0.2, 0) is 11.2 Å². The molecule has 1 amide bonds. The molecule has 0 atom stereocenters. The fourth-order valence-corrected chi connectivity index (χ4v) is 2.72. The zero-order chi connectivity index (χ0) is 14.5. The van der Waals surface area contributed by atoms with Crippen LogP contribution in [-0.4, -0.2) is 17.4 Å². The number of aromatic nitrogens is 1. The Labute approximate surface area is 123 Å². The van der Waals surface area contributed by atoms with E-state index in [1.807, 2.05) is 43.9 Å². The van der Waals surface area contributed by atoms with Crippen molar-refractivity contribution >= 4 is 34.2 Å². The van der Waals surface area contributed by atoms with Crippen molar-refractivity contribution in [3.63, 3.8) is 0 Å². The normalized spacial score (nSPS) is 14.7. The van der Waals surface area contributed by atoms with Gasteiger partial charge in [0.05, 0.1) is 5.52 Å². The fraction of sp³-hybridized carbons (Fsp3) is 0.375. The Bertz CT molecular complexity index is 703. The van der Waals surface area contributed by atoms with Gasteiger partial charge in [-0.25, -0.2) is 4.98 Å². The van der Waals surface area contributed by atoms with Crippen LogP contribution < -0.4 is 4.90 Å². The van der Waals surface area contributed by atoms with E-state index in [-0.39, 0.29) is 5.91 Å². The molecule has 0 saturated heterocycles. The van der Waals surface area contributed by atoms with Crippen molar-refractivity contribution in [1.82, 2.24) is 4.98 Å². The molecule has 0 bridgehead atoms. The molecule has 1 aromatic carbocycles. The van der Waals surface area contributed by atoms with Gasteiger partial charge in [-0.05, 0) is 36.2 Å². The molecule has 104 valence electrons. The van der Waals surface area contributed by atoms with Gasteiger partial charge in [-0.2, -0.15) is 0 Å². The Hall–Kier alpha value is -1.61. The van der Waals surface area contributed by atoms with E-state index >= 15 is 0 Å². The Kier molecular flexibility index (Phi) is 2.98. The highest BCUT2D eigenvalue weighted by Crippen LogP contribution is 2.33. The van der Waals surface area contributed by atoms with Crippen LogP contribution in [0.25, 0.3) is 10.9 Å². The molecule has 2 heterocycles. The maximum atomic E-state index is 12.5. The molecule has 1 aliphatic rings. The van der Waals surface area contributed by atoms with Crippen molar-refractivity contribution in [2.24, 2.45) is 5.41 Å². The summed E-state index contributed by atoms with van der Waals surface area (Å²) in [6.07, 6.45) is 0.854. The first-order chi connectivity index (χ1) is 9.36. The second kappa shape index (κ2) is 4.45. The standard InChI is InChI=1S/C16H17ClN2O/c1-16(2,3)15(20)19-7-6-10-8-11-9-12(17)4-5-13(11)18-14(10)19/h4-5,8-9H,6-7H2,1-3H3. The number of hydrogen-bond donors (Lipinski definition) is 0. The lowest BCUT2D eigenvalue weighted by atomic mass is 9.95. The van der Waals surface area contributed by atoms with Crippen molar-refractivity contribution in [3.05, 3.63) is 34.9 Å². The van der Waals surface area contributed by atoms with E-state index in [0.717, 1.165) is 28.7 Å². The number of anilines is 1. The van der Waals surface area contributed by atoms with Gasteiger partial charge in [0.15, 0.2) is 0 Å². The molecule has 0 spiro atoms. The second-order valence-corrected chi connectivity index (χ2v) is 6.70. The average Bonchev–Trinajstić information content (AvgIpc) is 2.76. The molecule has 20 heavy (non-hydrogen) atoms.